The molecule has 1 aromatic carbocycles. The maximum Gasteiger partial charge on any atom is 0.0747 e. The first kappa shape index (κ1) is 11.3. The molecule has 3 heteroatoms. The highest BCUT2D eigenvalue weighted by Gasteiger charge is 1.99. The summed E-state index contributed by atoms with van der Waals surface area (Å²) in [5, 5.41) is 0. The summed E-state index contributed by atoms with van der Waals surface area (Å²) in [4.78, 5) is 4.06. The molecule has 0 spiro atoms. The van der Waals surface area contributed by atoms with E-state index >= 15 is 0 Å². The van der Waals surface area contributed by atoms with Crippen molar-refractivity contribution < 1.29 is 4.74 Å². The fourth-order valence-corrected chi connectivity index (χ4v) is 1.70. The molecular formula is C13H12BrNO. The molecule has 1 heterocycles. The first-order chi connectivity index (χ1) is 7.86. The smallest absolute Gasteiger partial charge is 0.0747 e. The summed E-state index contributed by atoms with van der Waals surface area (Å²) in [5.41, 5.74) is 2.25. The van der Waals surface area contributed by atoms with Crippen LogP contribution in [0.1, 0.15) is 11.1 Å². The van der Waals surface area contributed by atoms with Gasteiger partial charge in [-0.1, -0.05) is 46.3 Å². The molecule has 2 nitrogen and oxygen atoms in total. The van der Waals surface area contributed by atoms with E-state index < -0.39 is 0 Å². The molecular weight excluding hydrogens is 266 g/mol. The summed E-state index contributed by atoms with van der Waals surface area (Å²) < 4.78 is 6.65. The molecule has 0 bridgehead atoms. The third-order valence-electron chi connectivity index (χ3n) is 2.21. The Morgan fingerprint density at radius 1 is 1.06 bits per heavy atom. The topological polar surface area (TPSA) is 22.1 Å². The number of hydrogen-bond donors (Lipinski definition) is 0. The number of nitrogens with zero attached hydrogens (tertiary/aromatic N) is 1. The van der Waals surface area contributed by atoms with Crippen molar-refractivity contribution in [2.45, 2.75) is 13.2 Å². The van der Waals surface area contributed by atoms with Gasteiger partial charge in [-0.05, 0) is 11.6 Å². The van der Waals surface area contributed by atoms with Crippen LogP contribution in [0.5, 0.6) is 0 Å². The molecule has 0 aliphatic carbocycles. The van der Waals surface area contributed by atoms with Crippen LogP contribution in [0.3, 0.4) is 0 Å². The van der Waals surface area contributed by atoms with Gasteiger partial charge in [0.2, 0.25) is 0 Å². The molecule has 0 N–H and O–H groups in total. The van der Waals surface area contributed by atoms with Gasteiger partial charge >= 0.3 is 0 Å². The highest BCUT2D eigenvalue weighted by Crippen LogP contribution is 2.15. The zero-order valence-corrected chi connectivity index (χ0v) is 10.4. The monoisotopic (exact) mass is 277 g/mol. The fourth-order valence-electron chi connectivity index (χ4n) is 1.37. The van der Waals surface area contributed by atoms with Crippen LogP contribution in [-0.4, -0.2) is 4.98 Å². The Bertz CT molecular complexity index is 445. The number of rotatable bonds is 4. The standard InChI is InChI=1S/C13H12BrNO/c14-13-6-7-15-8-12(13)10-16-9-11-4-2-1-3-5-11/h1-8H,9-10H2. The molecule has 1 aromatic heterocycles. The van der Waals surface area contributed by atoms with Crippen molar-refractivity contribution in [2.75, 3.05) is 0 Å². The van der Waals surface area contributed by atoms with Crippen LogP contribution >= 0.6 is 15.9 Å². The van der Waals surface area contributed by atoms with Gasteiger partial charge in [0.1, 0.15) is 0 Å². The summed E-state index contributed by atoms with van der Waals surface area (Å²) >= 11 is 3.46. The van der Waals surface area contributed by atoms with Crippen molar-refractivity contribution in [3.8, 4) is 0 Å². The molecule has 2 rings (SSSR count). The molecule has 0 saturated heterocycles. The van der Waals surface area contributed by atoms with E-state index in [0.29, 0.717) is 13.2 Å². The van der Waals surface area contributed by atoms with Gasteiger partial charge in [0.15, 0.2) is 0 Å². The van der Waals surface area contributed by atoms with Gasteiger partial charge < -0.3 is 4.74 Å². The van der Waals surface area contributed by atoms with Crippen LogP contribution in [0.25, 0.3) is 0 Å². The highest BCUT2D eigenvalue weighted by atomic mass is 79.9. The van der Waals surface area contributed by atoms with Gasteiger partial charge in [0, 0.05) is 22.4 Å². The predicted molar refractivity (Wildman–Crippen MR) is 66.9 cm³/mol. The third kappa shape index (κ3) is 3.15. The first-order valence-electron chi connectivity index (χ1n) is 5.06. The molecule has 0 aliphatic heterocycles. The lowest BCUT2D eigenvalue weighted by atomic mass is 10.2. The average Bonchev–Trinajstić information content (AvgIpc) is 2.33. The van der Waals surface area contributed by atoms with Gasteiger partial charge in [-0.3, -0.25) is 4.98 Å². The van der Waals surface area contributed by atoms with Crippen molar-refractivity contribution in [1.29, 1.82) is 0 Å². The van der Waals surface area contributed by atoms with Crippen LogP contribution in [0.4, 0.5) is 0 Å². The normalized spacial score (nSPS) is 10.3. The second-order valence-electron chi connectivity index (χ2n) is 3.45. The minimum absolute atomic E-state index is 0.573. The van der Waals surface area contributed by atoms with E-state index in [-0.39, 0.29) is 0 Å². The zero-order valence-electron chi connectivity index (χ0n) is 8.77. The molecule has 0 amide bonds. The Kier molecular flexibility index (Phi) is 4.08. The summed E-state index contributed by atoms with van der Waals surface area (Å²) in [6.07, 6.45) is 3.57. The van der Waals surface area contributed by atoms with Gasteiger partial charge in [0.25, 0.3) is 0 Å². The lowest BCUT2D eigenvalue weighted by Crippen LogP contribution is -1.95. The summed E-state index contributed by atoms with van der Waals surface area (Å²) in [6.45, 7) is 1.20. The second-order valence-corrected chi connectivity index (χ2v) is 4.30. The number of benzene rings is 1. The Morgan fingerprint density at radius 3 is 2.62 bits per heavy atom. The van der Waals surface area contributed by atoms with Crippen LogP contribution in [0, 0.1) is 0 Å². The number of ether oxygens (including phenoxy) is 1. The molecule has 16 heavy (non-hydrogen) atoms. The van der Waals surface area contributed by atoms with Crippen LogP contribution in [-0.2, 0) is 18.0 Å². The Morgan fingerprint density at radius 2 is 1.88 bits per heavy atom. The van der Waals surface area contributed by atoms with Gasteiger partial charge in [-0.25, -0.2) is 0 Å². The molecule has 0 fully saturated rings. The SMILES string of the molecule is Brc1ccncc1COCc1ccccc1. The van der Waals surface area contributed by atoms with E-state index in [9.17, 15) is 0 Å². The second kappa shape index (κ2) is 5.77. The van der Waals surface area contributed by atoms with E-state index in [4.69, 9.17) is 4.74 Å². The average molecular weight is 278 g/mol. The summed E-state index contributed by atoms with van der Waals surface area (Å²) in [6, 6.07) is 12.1. The Labute approximate surface area is 103 Å². The number of halogens is 1. The predicted octanol–water partition coefficient (Wildman–Crippen LogP) is 3.56. The van der Waals surface area contributed by atoms with Crippen molar-refractivity contribution in [3.63, 3.8) is 0 Å². The fraction of sp³-hybridized carbons (Fsp3) is 0.154. The molecule has 0 saturated carbocycles. The van der Waals surface area contributed by atoms with Crippen LogP contribution < -0.4 is 0 Å². The Hall–Kier alpha value is -1.19. The van der Waals surface area contributed by atoms with E-state index in [2.05, 4.69) is 33.0 Å². The van der Waals surface area contributed by atoms with E-state index in [1.165, 1.54) is 5.56 Å². The van der Waals surface area contributed by atoms with Crippen LogP contribution in [0.15, 0.2) is 53.3 Å². The van der Waals surface area contributed by atoms with E-state index in [1.54, 1.807) is 6.20 Å². The quantitative estimate of drug-likeness (QED) is 0.853. The number of aromatic nitrogens is 1. The van der Waals surface area contributed by atoms with Gasteiger partial charge in [0.05, 0.1) is 13.2 Å². The molecule has 2 aromatic rings. The van der Waals surface area contributed by atoms with Crippen molar-refractivity contribution in [1.82, 2.24) is 4.98 Å². The summed E-state index contributed by atoms with van der Waals surface area (Å²) in [5.74, 6) is 0. The van der Waals surface area contributed by atoms with Gasteiger partial charge in [-0.2, -0.15) is 0 Å². The molecule has 0 atom stereocenters. The maximum atomic E-state index is 5.62. The van der Waals surface area contributed by atoms with Crippen molar-refractivity contribution in [3.05, 3.63) is 64.4 Å². The zero-order chi connectivity index (χ0) is 11.2. The molecule has 0 radical (unpaired) electrons. The van der Waals surface area contributed by atoms with E-state index in [0.717, 1.165) is 10.0 Å². The maximum absolute atomic E-state index is 5.62. The minimum Gasteiger partial charge on any atom is -0.372 e. The summed E-state index contributed by atoms with van der Waals surface area (Å²) in [7, 11) is 0. The lowest BCUT2D eigenvalue weighted by Gasteiger charge is -2.05. The molecule has 82 valence electrons. The van der Waals surface area contributed by atoms with Gasteiger partial charge in [-0.15, -0.1) is 0 Å². The first-order valence-corrected chi connectivity index (χ1v) is 5.85. The van der Waals surface area contributed by atoms with Crippen molar-refractivity contribution >= 4 is 15.9 Å². The van der Waals surface area contributed by atoms with Crippen LogP contribution in [0.2, 0.25) is 0 Å². The molecule has 0 aliphatic rings. The number of pyridine rings is 1. The highest BCUT2D eigenvalue weighted by molar-refractivity contribution is 9.10. The Balaban J connectivity index is 1.87. The molecule has 0 unspecified atom stereocenters. The number of hydrogen-bond acceptors (Lipinski definition) is 2. The van der Waals surface area contributed by atoms with Crippen molar-refractivity contribution in [2.24, 2.45) is 0 Å². The third-order valence-corrected chi connectivity index (χ3v) is 2.99. The lowest BCUT2D eigenvalue weighted by molar-refractivity contribution is 0.106. The minimum atomic E-state index is 0.573. The largest absolute Gasteiger partial charge is 0.372 e. The van der Waals surface area contributed by atoms with E-state index in [1.807, 2.05) is 30.5 Å².